The van der Waals surface area contributed by atoms with Crippen molar-refractivity contribution in [2.45, 2.75) is 24.8 Å². The summed E-state index contributed by atoms with van der Waals surface area (Å²) < 4.78 is 29.1. The molecular weight excluding hydrogens is 584 g/mol. The van der Waals surface area contributed by atoms with Crippen LogP contribution in [-0.2, 0) is 23.0 Å². The fourth-order valence-electron chi connectivity index (χ4n) is 4.71. The van der Waals surface area contributed by atoms with Gasteiger partial charge in [-0.25, -0.2) is 13.4 Å². The molecule has 0 atom stereocenters. The fourth-order valence-corrected chi connectivity index (χ4v) is 8.29. The summed E-state index contributed by atoms with van der Waals surface area (Å²) in [5.41, 5.74) is 4.00. The Labute approximate surface area is 245 Å². The number of thiazole rings is 1. The van der Waals surface area contributed by atoms with Crippen molar-refractivity contribution in [2.24, 2.45) is 0 Å². The Morgan fingerprint density at radius 3 is 2.50 bits per heavy atom. The zero-order chi connectivity index (χ0) is 27.9. The van der Waals surface area contributed by atoms with Crippen molar-refractivity contribution < 1.29 is 13.2 Å². The number of anilines is 2. The van der Waals surface area contributed by atoms with E-state index in [1.54, 1.807) is 46.9 Å². The van der Waals surface area contributed by atoms with Gasteiger partial charge in [-0.15, -0.1) is 22.7 Å². The first-order valence-electron chi connectivity index (χ1n) is 12.7. The van der Waals surface area contributed by atoms with Crippen LogP contribution in [0.4, 0.5) is 10.7 Å². The summed E-state index contributed by atoms with van der Waals surface area (Å²) in [7, 11) is -3.79. The Hall–Kier alpha value is -3.28. The molecule has 5 aromatic rings. The van der Waals surface area contributed by atoms with Crippen molar-refractivity contribution >= 4 is 71.1 Å². The number of aromatic nitrogens is 1. The number of amides is 1. The molecule has 6 rings (SSSR count). The number of nitrogens with zero attached hydrogens (tertiary/aromatic N) is 2. The molecule has 3 heterocycles. The van der Waals surface area contributed by atoms with E-state index in [2.05, 4.69) is 27.9 Å². The van der Waals surface area contributed by atoms with Gasteiger partial charge in [0.2, 0.25) is 0 Å². The predicted octanol–water partition coefficient (Wildman–Crippen LogP) is 7.11. The quantitative estimate of drug-likeness (QED) is 0.205. The summed E-state index contributed by atoms with van der Waals surface area (Å²) in [6.45, 7) is 4.96. The molecule has 0 unspecified atom stereocenters. The summed E-state index contributed by atoms with van der Waals surface area (Å²) in [6.07, 6.45) is 0.906. The molecule has 1 aliphatic heterocycles. The second-order valence-corrected chi connectivity index (χ2v) is 13.7. The Morgan fingerprint density at radius 2 is 1.77 bits per heavy atom. The van der Waals surface area contributed by atoms with E-state index in [1.807, 2.05) is 18.2 Å². The van der Waals surface area contributed by atoms with Crippen LogP contribution in [0.5, 0.6) is 0 Å². The first-order chi connectivity index (χ1) is 19.3. The van der Waals surface area contributed by atoms with Gasteiger partial charge in [0.1, 0.15) is 10.0 Å². The highest BCUT2D eigenvalue weighted by molar-refractivity contribution is 7.92. The maximum Gasteiger partial charge on any atom is 0.261 e. The van der Waals surface area contributed by atoms with Gasteiger partial charge in [0, 0.05) is 39.8 Å². The molecule has 1 aliphatic rings. The number of carbonyl (C=O) groups is 1. The number of carbonyl (C=O) groups excluding carboxylic acids is 1. The van der Waals surface area contributed by atoms with Crippen molar-refractivity contribution in [3.63, 3.8) is 0 Å². The summed E-state index contributed by atoms with van der Waals surface area (Å²) in [5, 5.41) is 5.29. The van der Waals surface area contributed by atoms with Gasteiger partial charge < -0.3 is 5.32 Å². The first kappa shape index (κ1) is 26.9. The van der Waals surface area contributed by atoms with Crippen LogP contribution in [0, 0.1) is 0 Å². The SMILES string of the molecule is CCN1CCc2c(sc(NC(=O)c3ccc(NS(=O)(=O)c4ccc(Cl)cc4)cc3)c2-c2nc3ccccc3s2)C1. The highest BCUT2D eigenvalue weighted by atomic mass is 35.5. The molecule has 40 heavy (non-hydrogen) atoms. The topological polar surface area (TPSA) is 91.4 Å². The van der Waals surface area contributed by atoms with Gasteiger partial charge in [-0.1, -0.05) is 30.7 Å². The number of hydrogen-bond acceptors (Lipinski definition) is 7. The van der Waals surface area contributed by atoms with E-state index >= 15 is 0 Å². The van der Waals surface area contributed by atoms with E-state index in [9.17, 15) is 13.2 Å². The normalized spacial score (nSPS) is 13.8. The second kappa shape index (κ2) is 10.9. The summed E-state index contributed by atoms with van der Waals surface area (Å²) in [4.78, 5) is 22.0. The largest absolute Gasteiger partial charge is 0.313 e. The highest BCUT2D eigenvalue weighted by Gasteiger charge is 2.27. The molecule has 1 amide bonds. The van der Waals surface area contributed by atoms with Crippen molar-refractivity contribution in [3.05, 3.63) is 93.8 Å². The van der Waals surface area contributed by atoms with Gasteiger partial charge in [0.15, 0.2) is 0 Å². The molecule has 7 nitrogen and oxygen atoms in total. The minimum absolute atomic E-state index is 0.101. The molecular formula is C29H25ClN4O3S3. The predicted molar refractivity (Wildman–Crippen MR) is 164 cm³/mol. The number of halogens is 1. The van der Waals surface area contributed by atoms with Crippen molar-refractivity contribution in [2.75, 3.05) is 23.1 Å². The van der Waals surface area contributed by atoms with Crippen LogP contribution in [0.2, 0.25) is 5.02 Å². The molecule has 0 saturated carbocycles. The van der Waals surface area contributed by atoms with Crippen LogP contribution >= 0.6 is 34.3 Å². The Bertz CT molecular complexity index is 1780. The third-order valence-electron chi connectivity index (χ3n) is 6.84. The summed E-state index contributed by atoms with van der Waals surface area (Å²) in [5.74, 6) is -0.264. The number of sulfonamides is 1. The molecule has 0 bridgehead atoms. The molecule has 11 heteroatoms. The van der Waals surface area contributed by atoms with E-state index in [1.165, 1.54) is 34.7 Å². The number of benzene rings is 3. The lowest BCUT2D eigenvalue weighted by molar-refractivity contribution is 0.102. The second-order valence-electron chi connectivity index (χ2n) is 9.40. The zero-order valence-corrected chi connectivity index (χ0v) is 24.7. The van der Waals surface area contributed by atoms with Crippen molar-refractivity contribution in [1.29, 1.82) is 0 Å². The molecule has 0 aliphatic carbocycles. The fraction of sp³-hybridized carbons (Fsp3) is 0.172. The van der Waals surface area contributed by atoms with E-state index < -0.39 is 10.0 Å². The van der Waals surface area contributed by atoms with Crippen LogP contribution in [-0.4, -0.2) is 37.3 Å². The van der Waals surface area contributed by atoms with E-state index in [0.717, 1.165) is 51.8 Å². The summed E-state index contributed by atoms with van der Waals surface area (Å²) in [6, 6.07) is 20.4. The molecule has 2 aromatic heterocycles. The third kappa shape index (κ3) is 5.37. The monoisotopic (exact) mass is 608 g/mol. The van der Waals surface area contributed by atoms with Gasteiger partial charge in [-0.2, -0.15) is 0 Å². The number of rotatable bonds is 7. The van der Waals surface area contributed by atoms with Crippen molar-refractivity contribution in [3.8, 4) is 10.6 Å². The van der Waals surface area contributed by atoms with Crippen molar-refractivity contribution in [1.82, 2.24) is 9.88 Å². The number of fused-ring (bicyclic) bond motifs is 2. The highest BCUT2D eigenvalue weighted by Crippen LogP contribution is 2.45. The van der Waals surface area contributed by atoms with Crippen LogP contribution in [0.3, 0.4) is 0 Å². The van der Waals surface area contributed by atoms with E-state index in [0.29, 0.717) is 16.3 Å². The first-order valence-corrected chi connectivity index (χ1v) is 16.2. The summed E-state index contributed by atoms with van der Waals surface area (Å²) >= 11 is 9.12. The molecule has 0 saturated heterocycles. The lowest BCUT2D eigenvalue weighted by Gasteiger charge is -2.25. The molecule has 0 radical (unpaired) electrons. The smallest absolute Gasteiger partial charge is 0.261 e. The number of thiophene rings is 1. The molecule has 2 N–H and O–H groups in total. The van der Waals surface area contributed by atoms with Crippen LogP contribution < -0.4 is 10.0 Å². The average molecular weight is 609 g/mol. The Morgan fingerprint density at radius 1 is 1.02 bits per heavy atom. The molecule has 0 spiro atoms. The standard InChI is InChI=1S/C29H25ClN4O3S3/c1-2-34-16-15-22-25(17-34)39-29(26(22)28-31-23-5-3-4-6-24(23)38-28)32-27(35)18-7-11-20(12-8-18)33-40(36,37)21-13-9-19(30)10-14-21/h3-14,33H,2,15-17H2,1H3,(H,32,35). The number of hydrogen-bond donors (Lipinski definition) is 2. The van der Waals surface area contributed by atoms with Gasteiger partial charge in [-0.05, 0) is 79.2 Å². The molecule has 0 fully saturated rings. The van der Waals surface area contributed by atoms with Gasteiger partial charge >= 0.3 is 0 Å². The van der Waals surface area contributed by atoms with Crippen LogP contribution in [0.1, 0.15) is 27.7 Å². The average Bonchev–Trinajstić information content (AvgIpc) is 3.53. The third-order valence-corrected chi connectivity index (χ3v) is 10.7. The maximum absolute atomic E-state index is 13.4. The van der Waals surface area contributed by atoms with Crippen LogP contribution in [0.15, 0.2) is 77.7 Å². The lowest BCUT2D eigenvalue weighted by atomic mass is 10.0. The van der Waals surface area contributed by atoms with Crippen LogP contribution in [0.25, 0.3) is 20.8 Å². The zero-order valence-electron chi connectivity index (χ0n) is 21.5. The number of likely N-dealkylation sites (N-methyl/N-ethyl adjacent to an activating group) is 1. The Balaban J connectivity index is 1.26. The number of nitrogens with one attached hydrogen (secondary N) is 2. The Kier molecular flexibility index (Phi) is 7.37. The van der Waals surface area contributed by atoms with Gasteiger partial charge in [0.05, 0.1) is 15.1 Å². The van der Waals surface area contributed by atoms with Gasteiger partial charge in [0.25, 0.3) is 15.9 Å². The maximum atomic E-state index is 13.4. The van der Waals surface area contributed by atoms with E-state index in [-0.39, 0.29) is 10.8 Å². The molecule has 204 valence electrons. The minimum atomic E-state index is -3.79. The minimum Gasteiger partial charge on any atom is -0.313 e. The number of para-hydroxylation sites is 1. The van der Waals surface area contributed by atoms with Gasteiger partial charge in [-0.3, -0.25) is 14.4 Å². The van der Waals surface area contributed by atoms with E-state index in [4.69, 9.17) is 16.6 Å². The lowest BCUT2D eigenvalue weighted by Crippen LogP contribution is -2.29. The molecule has 3 aromatic carbocycles.